The van der Waals surface area contributed by atoms with Gasteiger partial charge in [0.1, 0.15) is 37.7 Å². The number of imidazole rings is 1. The fourth-order valence-electron chi connectivity index (χ4n) is 2.26. The van der Waals surface area contributed by atoms with E-state index in [0.29, 0.717) is 18.7 Å². The topological polar surface area (TPSA) is 129 Å². The van der Waals surface area contributed by atoms with Gasteiger partial charge in [0.05, 0.1) is 12.9 Å². The zero-order valence-corrected chi connectivity index (χ0v) is 12.3. The Balaban J connectivity index is 1.92. The average Bonchev–Trinajstić information content (AvgIpc) is 3.02. The Bertz CT molecular complexity index is 670. The van der Waals surface area contributed by atoms with Crippen LogP contribution in [0.1, 0.15) is 6.23 Å². The van der Waals surface area contributed by atoms with Crippen LogP contribution in [0, 0.1) is 0 Å². The van der Waals surface area contributed by atoms with Crippen molar-refractivity contribution in [3.05, 3.63) is 12.7 Å². The van der Waals surface area contributed by atoms with Gasteiger partial charge in [-0.05, 0) is 11.8 Å². The van der Waals surface area contributed by atoms with Crippen molar-refractivity contribution in [2.24, 2.45) is 0 Å². The number of nitrogens with two attached hydrogens (primary N) is 1. The predicted octanol–water partition coefficient (Wildman–Crippen LogP) is -0.633. The summed E-state index contributed by atoms with van der Waals surface area (Å²) in [5, 5.41) is 20.1. The molecule has 9 nitrogen and oxygen atoms in total. The molecule has 3 heterocycles. The molecule has 0 radical (unpaired) electrons. The Kier molecular flexibility index (Phi) is 4.07. The Morgan fingerprint density at radius 3 is 2.95 bits per heavy atom. The summed E-state index contributed by atoms with van der Waals surface area (Å²) < 4.78 is 12.2. The molecule has 112 valence electrons. The number of aliphatic hydroxyl groups excluding tert-OH is 2. The van der Waals surface area contributed by atoms with Crippen molar-refractivity contribution >= 4 is 36.4 Å². The molecule has 2 aromatic heterocycles. The van der Waals surface area contributed by atoms with E-state index in [0.717, 1.165) is 0 Å². The first-order valence-corrected chi connectivity index (χ1v) is 7.85. The van der Waals surface area contributed by atoms with Crippen LogP contribution in [0.5, 0.6) is 0 Å². The maximum absolute atomic E-state index is 10.1. The summed E-state index contributed by atoms with van der Waals surface area (Å²) in [7, 11) is 0.309. The fourth-order valence-corrected chi connectivity index (χ4v) is 2.65. The van der Waals surface area contributed by atoms with Crippen molar-refractivity contribution in [2.75, 3.05) is 12.3 Å². The second-order valence-corrected chi connectivity index (χ2v) is 5.35. The molecular weight excluding hydrogens is 317 g/mol. The van der Waals surface area contributed by atoms with Crippen LogP contribution in [0.2, 0.25) is 0 Å². The van der Waals surface area contributed by atoms with Crippen LogP contribution < -0.4 is 5.73 Å². The minimum atomic E-state index is -1.14. The molecule has 4 N–H and O–H groups in total. The number of fused-ring (bicyclic) bond motifs is 1. The first-order valence-electron chi connectivity index (χ1n) is 6.02. The van der Waals surface area contributed by atoms with Crippen molar-refractivity contribution in [1.29, 1.82) is 0 Å². The zero-order valence-electron chi connectivity index (χ0n) is 10.6. The number of hydrogen-bond donors (Lipinski definition) is 3. The number of ether oxygens (including phenoxy) is 1. The molecule has 1 fully saturated rings. The molecule has 1 aliphatic heterocycles. The quantitative estimate of drug-likeness (QED) is 0.628. The number of nitrogens with zero attached hydrogens (tertiary/aromatic N) is 4. The normalized spacial score (nSPS) is 29.4. The van der Waals surface area contributed by atoms with Crippen LogP contribution in [-0.2, 0) is 21.1 Å². The van der Waals surface area contributed by atoms with Crippen molar-refractivity contribution in [2.45, 2.75) is 24.5 Å². The molecule has 0 unspecified atom stereocenters. The molecule has 0 spiro atoms. The highest BCUT2D eigenvalue weighted by atomic mass is 32.4. The lowest BCUT2D eigenvalue weighted by Gasteiger charge is -2.16. The summed E-state index contributed by atoms with van der Waals surface area (Å²) in [5.74, 6) is 0.233. The van der Waals surface area contributed by atoms with Crippen molar-refractivity contribution in [3.63, 3.8) is 0 Å². The second-order valence-electron chi connectivity index (χ2n) is 4.50. The second kappa shape index (κ2) is 5.84. The van der Waals surface area contributed by atoms with Crippen LogP contribution >= 0.6 is 7.58 Å². The molecule has 0 amide bonds. The van der Waals surface area contributed by atoms with Gasteiger partial charge in [-0.2, -0.15) is 0 Å². The monoisotopic (exact) mass is 329 g/mol. The first-order chi connectivity index (χ1) is 10.1. The van der Waals surface area contributed by atoms with Crippen molar-refractivity contribution in [3.8, 4) is 0 Å². The Labute approximate surface area is 125 Å². The van der Waals surface area contributed by atoms with Crippen molar-refractivity contribution < 1.29 is 19.5 Å². The number of aromatic nitrogens is 4. The summed E-state index contributed by atoms with van der Waals surface area (Å²) in [5.41, 5.74) is 6.54. The molecule has 11 heteroatoms. The molecule has 0 saturated carbocycles. The van der Waals surface area contributed by atoms with Gasteiger partial charge in [-0.15, -0.1) is 0 Å². The van der Waals surface area contributed by atoms with Gasteiger partial charge in [-0.25, -0.2) is 15.0 Å². The van der Waals surface area contributed by atoms with Crippen molar-refractivity contribution in [1.82, 2.24) is 19.5 Å². The van der Waals surface area contributed by atoms with Gasteiger partial charge in [0.2, 0.25) is 0 Å². The molecule has 21 heavy (non-hydrogen) atoms. The highest BCUT2D eigenvalue weighted by Crippen LogP contribution is 2.32. The summed E-state index contributed by atoms with van der Waals surface area (Å²) in [6.07, 6.45) is -1.03. The number of rotatable bonds is 4. The minimum absolute atomic E-state index is 0.0868. The van der Waals surface area contributed by atoms with Gasteiger partial charge >= 0.3 is 0 Å². The van der Waals surface area contributed by atoms with Gasteiger partial charge in [-0.3, -0.25) is 4.57 Å². The third kappa shape index (κ3) is 2.50. The van der Waals surface area contributed by atoms with E-state index in [-0.39, 0.29) is 12.4 Å². The third-order valence-corrected chi connectivity index (χ3v) is 3.86. The smallest absolute Gasteiger partial charge is 0.167 e. The van der Waals surface area contributed by atoms with E-state index in [1.165, 1.54) is 17.2 Å². The predicted molar refractivity (Wildman–Crippen MR) is 75.9 cm³/mol. The summed E-state index contributed by atoms with van der Waals surface area (Å²) in [6, 6.07) is 0. The first kappa shape index (κ1) is 14.6. The third-order valence-electron chi connectivity index (χ3n) is 3.29. The highest BCUT2D eigenvalue weighted by Gasteiger charge is 2.44. The number of hydrogen-bond acceptors (Lipinski definition) is 9. The molecule has 4 atom stereocenters. The zero-order chi connectivity index (χ0) is 15.0. The molecule has 1 aliphatic rings. The number of anilines is 1. The fraction of sp³-hybridized carbons (Fsp3) is 0.500. The van der Waals surface area contributed by atoms with Gasteiger partial charge in [0, 0.05) is 0 Å². The van der Waals surface area contributed by atoms with E-state index < -0.39 is 24.5 Å². The van der Waals surface area contributed by atoms with Gasteiger partial charge in [0.25, 0.3) is 0 Å². The summed E-state index contributed by atoms with van der Waals surface area (Å²) in [6.45, 7) is 0.0868. The average molecular weight is 329 g/mol. The molecule has 2 aromatic rings. The molecule has 3 rings (SSSR count). The number of nitrogen functional groups attached to an aromatic ring is 1. The number of aliphatic hydroxyl groups is 2. The Morgan fingerprint density at radius 2 is 2.19 bits per heavy atom. The Hall–Kier alpha value is -1.29. The molecule has 0 bridgehead atoms. The van der Waals surface area contributed by atoms with Gasteiger partial charge in [0.15, 0.2) is 17.7 Å². The largest absolute Gasteiger partial charge is 0.387 e. The lowest BCUT2D eigenvalue weighted by atomic mass is 10.1. The van der Waals surface area contributed by atoms with E-state index in [1.54, 1.807) is 0 Å². The molecular formula is C10H12N5O4PS. The summed E-state index contributed by atoms with van der Waals surface area (Å²) >= 11 is 4.65. The molecule has 0 aliphatic carbocycles. The van der Waals surface area contributed by atoms with Crippen LogP contribution in [-0.4, -0.2) is 54.7 Å². The van der Waals surface area contributed by atoms with Crippen LogP contribution in [0.25, 0.3) is 11.2 Å². The van der Waals surface area contributed by atoms with Crippen LogP contribution in [0.3, 0.4) is 0 Å². The van der Waals surface area contributed by atoms with Gasteiger partial charge < -0.3 is 25.2 Å². The van der Waals surface area contributed by atoms with E-state index in [1.807, 2.05) is 0 Å². The van der Waals surface area contributed by atoms with Crippen LogP contribution in [0.4, 0.5) is 5.82 Å². The molecule has 0 aromatic carbocycles. The Morgan fingerprint density at radius 1 is 1.38 bits per heavy atom. The van der Waals surface area contributed by atoms with Crippen LogP contribution in [0.15, 0.2) is 12.7 Å². The van der Waals surface area contributed by atoms with E-state index >= 15 is 0 Å². The lowest BCUT2D eigenvalue weighted by molar-refractivity contribution is -0.0456. The van der Waals surface area contributed by atoms with Gasteiger partial charge in [-0.1, -0.05) is 0 Å². The summed E-state index contributed by atoms with van der Waals surface area (Å²) in [4.78, 5) is 12.0. The molecule has 1 saturated heterocycles. The van der Waals surface area contributed by atoms with E-state index in [2.05, 4.69) is 26.8 Å². The van der Waals surface area contributed by atoms with E-state index in [9.17, 15) is 10.2 Å². The maximum Gasteiger partial charge on any atom is 0.167 e. The van der Waals surface area contributed by atoms with E-state index in [4.69, 9.17) is 15.0 Å². The standard InChI is InChI=1S/C10H12N5O4PS/c11-8-5-9(13-2-12-8)15(3-14-5)10-7(17)6(16)4(19-10)1-18-20-21/h2-4,6-7,10,16-17H,1H2,(H2,11,12,13)/t4-,6-,7-,10-/m1/s1. The SMILES string of the molecule is Nc1ncnc2c1ncn2[C@@H]1O[C@H](COP=S)[C@@H](O)[C@H]1O. The maximum atomic E-state index is 10.1. The minimum Gasteiger partial charge on any atom is -0.387 e. The lowest BCUT2D eigenvalue weighted by Crippen LogP contribution is -2.33. The highest BCUT2D eigenvalue weighted by molar-refractivity contribution is 7.94.